The van der Waals surface area contributed by atoms with Gasteiger partial charge in [-0.25, -0.2) is 0 Å². The molecule has 31 heavy (non-hydrogen) atoms. The third-order valence-corrected chi connectivity index (χ3v) is 5.28. The largest absolute Gasteiger partial charge is 0.359 e. The third kappa shape index (κ3) is 6.82. The number of nitrogens with one attached hydrogen (secondary N) is 1. The number of nitrogens with zero attached hydrogens (tertiary/aromatic N) is 1. The first-order valence-electron chi connectivity index (χ1n) is 11.0. The van der Waals surface area contributed by atoms with Crippen LogP contribution in [-0.2, 0) is 19.3 Å². The van der Waals surface area contributed by atoms with E-state index < -0.39 is 0 Å². The van der Waals surface area contributed by atoms with Crippen LogP contribution in [0.2, 0.25) is 0 Å². The maximum atomic E-state index is 4.52. The quantitative estimate of drug-likeness (QED) is 0.345. The number of allylic oxidation sites excluding steroid dienone is 2. The van der Waals surface area contributed by atoms with Gasteiger partial charge in [0, 0.05) is 29.6 Å². The van der Waals surface area contributed by atoms with Gasteiger partial charge in [-0.05, 0) is 61.9 Å². The number of hydrogen-bond acceptors (Lipinski definition) is 2. The first-order chi connectivity index (χ1) is 15.2. The lowest BCUT2D eigenvalue weighted by Crippen LogP contribution is -2.01. The van der Waals surface area contributed by atoms with E-state index in [0.29, 0.717) is 0 Å². The van der Waals surface area contributed by atoms with Crippen molar-refractivity contribution in [2.45, 2.75) is 39.5 Å². The first kappa shape index (κ1) is 22.3. The van der Waals surface area contributed by atoms with Crippen molar-refractivity contribution in [2.75, 3.05) is 5.32 Å². The zero-order valence-electron chi connectivity index (χ0n) is 18.6. The molecule has 0 aliphatic heterocycles. The van der Waals surface area contributed by atoms with Crippen molar-refractivity contribution in [1.82, 2.24) is 0 Å². The monoisotopic (exact) mass is 408 g/mol. The first-order valence-corrected chi connectivity index (χ1v) is 11.0. The molecule has 0 spiro atoms. The van der Waals surface area contributed by atoms with Gasteiger partial charge in [0.1, 0.15) is 0 Å². The van der Waals surface area contributed by atoms with Crippen LogP contribution in [0.3, 0.4) is 0 Å². The molecule has 0 unspecified atom stereocenters. The summed E-state index contributed by atoms with van der Waals surface area (Å²) in [5.74, 6) is 0. The Morgan fingerprint density at radius 2 is 1.55 bits per heavy atom. The summed E-state index contributed by atoms with van der Waals surface area (Å²) in [5, 5.41) is 3.42. The maximum Gasteiger partial charge on any atom is 0.0658 e. The van der Waals surface area contributed by atoms with Crippen LogP contribution in [0.1, 0.15) is 42.5 Å². The zero-order valence-corrected chi connectivity index (χ0v) is 18.6. The predicted octanol–water partition coefficient (Wildman–Crippen LogP) is 7.48. The van der Waals surface area contributed by atoms with Crippen molar-refractivity contribution >= 4 is 17.6 Å². The smallest absolute Gasteiger partial charge is 0.0658 e. The highest BCUT2D eigenvalue weighted by Crippen LogP contribution is 2.22. The Morgan fingerprint density at radius 1 is 0.839 bits per heavy atom. The molecule has 0 radical (unpaired) electrons. The molecular formula is C29H32N2. The summed E-state index contributed by atoms with van der Waals surface area (Å²) in [6.07, 6.45) is 7.98. The van der Waals surface area contributed by atoms with E-state index in [-0.39, 0.29) is 0 Å². The van der Waals surface area contributed by atoms with E-state index in [1.165, 1.54) is 22.3 Å². The number of anilines is 1. The fourth-order valence-electron chi connectivity index (χ4n) is 3.76. The number of rotatable bonds is 10. The molecule has 0 bridgehead atoms. The standard InChI is InChI=1S/C29H32N2/c1-4-29(30-5-2)28-17-10-9-15-26(28)16-11-14-24-18-20-27(21-19-24)31-23(3)22-25-12-7-6-8-13-25/h4-10,12-13,15,17-21,31H,3,11,14,16,22H2,1-2H3/b29-4-,30-5?. The van der Waals surface area contributed by atoms with E-state index in [4.69, 9.17) is 0 Å². The summed E-state index contributed by atoms with van der Waals surface area (Å²) >= 11 is 0. The summed E-state index contributed by atoms with van der Waals surface area (Å²) < 4.78 is 0. The van der Waals surface area contributed by atoms with Gasteiger partial charge in [-0.15, -0.1) is 0 Å². The molecule has 0 aliphatic rings. The molecule has 0 saturated carbocycles. The molecule has 3 aromatic carbocycles. The van der Waals surface area contributed by atoms with E-state index in [0.717, 1.165) is 42.8 Å². The van der Waals surface area contributed by atoms with Gasteiger partial charge in [0.25, 0.3) is 0 Å². The summed E-state index contributed by atoms with van der Waals surface area (Å²) in [6, 6.07) is 27.7. The summed E-state index contributed by atoms with van der Waals surface area (Å²) in [7, 11) is 0. The van der Waals surface area contributed by atoms with Gasteiger partial charge in [-0.3, -0.25) is 4.99 Å². The molecule has 2 heteroatoms. The lowest BCUT2D eigenvalue weighted by molar-refractivity contribution is 0.819. The second-order valence-corrected chi connectivity index (χ2v) is 7.66. The predicted molar refractivity (Wildman–Crippen MR) is 136 cm³/mol. The van der Waals surface area contributed by atoms with E-state index in [2.05, 4.69) is 95.8 Å². The SMILES string of the molecule is C=C(Cc1ccccc1)Nc1ccc(CCCc2ccccc2/C(=C/C)N=CC)cc1. The van der Waals surface area contributed by atoms with Crippen molar-refractivity contribution in [1.29, 1.82) is 0 Å². The molecular weight excluding hydrogens is 376 g/mol. The Labute approximate surface area is 187 Å². The fourth-order valence-corrected chi connectivity index (χ4v) is 3.76. The molecule has 1 N–H and O–H groups in total. The van der Waals surface area contributed by atoms with Crippen LogP contribution in [0.5, 0.6) is 0 Å². The second-order valence-electron chi connectivity index (χ2n) is 7.66. The van der Waals surface area contributed by atoms with Crippen LogP contribution in [0.25, 0.3) is 5.70 Å². The van der Waals surface area contributed by atoms with E-state index in [9.17, 15) is 0 Å². The highest BCUT2D eigenvalue weighted by atomic mass is 14.9. The topological polar surface area (TPSA) is 24.4 Å². The average molecular weight is 409 g/mol. The zero-order chi connectivity index (χ0) is 21.9. The van der Waals surface area contributed by atoms with Crippen LogP contribution in [0.4, 0.5) is 5.69 Å². The van der Waals surface area contributed by atoms with E-state index in [1.54, 1.807) is 0 Å². The maximum absolute atomic E-state index is 4.52. The lowest BCUT2D eigenvalue weighted by Gasteiger charge is -2.11. The van der Waals surface area contributed by atoms with Gasteiger partial charge in [0.05, 0.1) is 5.70 Å². The van der Waals surface area contributed by atoms with Crippen molar-refractivity contribution in [3.63, 3.8) is 0 Å². The Bertz CT molecular complexity index is 1030. The third-order valence-electron chi connectivity index (χ3n) is 5.28. The molecule has 0 aliphatic carbocycles. The van der Waals surface area contributed by atoms with Crippen molar-refractivity contribution < 1.29 is 0 Å². The van der Waals surface area contributed by atoms with E-state index in [1.807, 2.05) is 26.1 Å². The molecule has 0 fully saturated rings. The summed E-state index contributed by atoms with van der Waals surface area (Å²) in [5.41, 5.74) is 8.35. The van der Waals surface area contributed by atoms with Crippen molar-refractivity contribution in [3.05, 3.63) is 119 Å². The molecule has 0 saturated heterocycles. The van der Waals surface area contributed by atoms with Gasteiger partial charge in [-0.1, -0.05) is 79.4 Å². The molecule has 0 atom stereocenters. The molecule has 3 rings (SSSR count). The van der Waals surface area contributed by atoms with Crippen molar-refractivity contribution in [3.8, 4) is 0 Å². The molecule has 2 nitrogen and oxygen atoms in total. The average Bonchev–Trinajstić information content (AvgIpc) is 2.80. The lowest BCUT2D eigenvalue weighted by atomic mass is 9.98. The van der Waals surface area contributed by atoms with Crippen LogP contribution in [0, 0.1) is 0 Å². The van der Waals surface area contributed by atoms with Crippen LogP contribution in [-0.4, -0.2) is 6.21 Å². The molecule has 0 amide bonds. The number of benzene rings is 3. The normalized spacial score (nSPS) is 11.6. The molecule has 3 aromatic rings. The highest BCUT2D eigenvalue weighted by molar-refractivity contribution is 5.74. The van der Waals surface area contributed by atoms with Gasteiger partial charge in [0.2, 0.25) is 0 Å². The summed E-state index contributed by atoms with van der Waals surface area (Å²) in [4.78, 5) is 4.52. The van der Waals surface area contributed by atoms with Gasteiger partial charge < -0.3 is 5.32 Å². The Kier molecular flexibility index (Phi) is 8.42. The molecule has 0 heterocycles. The van der Waals surface area contributed by atoms with Gasteiger partial charge in [-0.2, -0.15) is 0 Å². The fraction of sp³-hybridized carbons (Fsp3) is 0.207. The number of aryl methyl sites for hydroxylation is 2. The van der Waals surface area contributed by atoms with E-state index >= 15 is 0 Å². The summed E-state index contributed by atoms with van der Waals surface area (Å²) in [6.45, 7) is 8.17. The van der Waals surface area contributed by atoms with Crippen molar-refractivity contribution in [2.24, 2.45) is 4.99 Å². The second kappa shape index (κ2) is 11.7. The Morgan fingerprint density at radius 3 is 2.26 bits per heavy atom. The van der Waals surface area contributed by atoms with Gasteiger partial charge >= 0.3 is 0 Å². The Hall–Kier alpha value is -3.39. The van der Waals surface area contributed by atoms with Crippen LogP contribution < -0.4 is 5.32 Å². The molecule has 0 aromatic heterocycles. The van der Waals surface area contributed by atoms with Crippen LogP contribution in [0.15, 0.2) is 102 Å². The van der Waals surface area contributed by atoms with Gasteiger partial charge in [0.15, 0.2) is 0 Å². The minimum atomic E-state index is 0.832. The minimum Gasteiger partial charge on any atom is -0.359 e. The number of hydrogen-bond donors (Lipinski definition) is 1. The minimum absolute atomic E-state index is 0.832. The Balaban J connectivity index is 1.53. The van der Waals surface area contributed by atoms with Crippen LogP contribution >= 0.6 is 0 Å². The molecule has 158 valence electrons. The highest BCUT2D eigenvalue weighted by Gasteiger charge is 2.06. The number of aliphatic imine (C=N–C) groups is 1.